The lowest BCUT2D eigenvalue weighted by atomic mass is 10.1. The summed E-state index contributed by atoms with van der Waals surface area (Å²) in [7, 11) is 0. The van der Waals surface area contributed by atoms with Gasteiger partial charge >= 0.3 is 6.09 Å². The van der Waals surface area contributed by atoms with Crippen molar-refractivity contribution in [1.29, 1.82) is 0 Å². The van der Waals surface area contributed by atoms with Crippen LogP contribution in [0.4, 0.5) is 10.5 Å². The van der Waals surface area contributed by atoms with Crippen molar-refractivity contribution in [1.82, 2.24) is 19.9 Å². The molecule has 8 nitrogen and oxygen atoms in total. The van der Waals surface area contributed by atoms with Crippen LogP contribution in [0.2, 0.25) is 0 Å². The van der Waals surface area contributed by atoms with E-state index < -0.39 is 0 Å². The minimum atomic E-state index is -0.341. The molecule has 0 saturated carbocycles. The van der Waals surface area contributed by atoms with Gasteiger partial charge in [-0.05, 0) is 37.8 Å². The molecule has 30 heavy (non-hydrogen) atoms. The number of aryl methyl sites for hydroxylation is 2. The number of benzene rings is 1. The molecule has 1 aromatic carbocycles. The Morgan fingerprint density at radius 2 is 2.17 bits per heavy atom. The molecule has 0 aliphatic carbocycles. The monoisotopic (exact) mass is 411 g/mol. The van der Waals surface area contributed by atoms with Crippen LogP contribution in [0.1, 0.15) is 38.4 Å². The molecular formula is C22H29N5O3. The first-order valence-electron chi connectivity index (χ1n) is 10.7. The maximum absolute atomic E-state index is 12.0. The third kappa shape index (κ3) is 4.33. The minimum Gasteiger partial charge on any atom is -0.450 e. The van der Waals surface area contributed by atoms with E-state index in [4.69, 9.17) is 20.2 Å². The lowest BCUT2D eigenvalue weighted by molar-refractivity contribution is 0.0732. The van der Waals surface area contributed by atoms with Gasteiger partial charge < -0.3 is 25.1 Å². The van der Waals surface area contributed by atoms with Crippen molar-refractivity contribution in [3.05, 3.63) is 30.2 Å². The van der Waals surface area contributed by atoms with E-state index in [1.807, 2.05) is 18.2 Å². The SMILES string of the molecule is CCc1nc2c(N)cc3cccnc3c2n1CCCCOC(=O)NC1CCOCC1. The number of carbonyl (C=O) groups excluding carboxylic acids is 1. The topological polar surface area (TPSA) is 104 Å². The summed E-state index contributed by atoms with van der Waals surface area (Å²) in [6.07, 6.45) is 5.59. The molecule has 1 saturated heterocycles. The van der Waals surface area contributed by atoms with E-state index >= 15 is 0 Å². The molecule has 4 rings (SSSR count). The molecule has 0 bridgehead atoms. The van der Waals surface area contributed by atoms with Crippen molar-refractivity contribution < 1.29 is 14.3 Å². The molecule has 3 N–H and O–H groups in total. The number of fused-ring (bicyclic) bond motifs is 3. The standard InChI is InChI=1S/C22H29N5O3/c1-2-18-26-20-17(23)14-15-6-5-9-24-19(15)21(20)27(18)10-3-4-11-30-22(28)25-16-7-12-29-13-8-16/h5-6,9,14,16H,2-4,7-8,10-13,23H2,1H3,(H,25,28). The van der Waals surface area contributed by atoms with Gasteiger partial charge in [-0.1, -0.05) is 13.0 Å². The van der Waals surface area contributed by atoms with E-state index in [1.165, 1.54) is 0 Å². The van der Waals surface area contributed by atoms with Gasteiger partial charge in [0.1, 0.15) is 11.3 Å². The molecule has 0 spiro atoms. The van der Waals surface area contributed by atoms with Crippen LogP contribution in [0.15, 0.2) is 24.4 Å². The zero-order valence-electron chi connectivity index (χ0n) is 17.4. The fourth-order valence-corrected chi connectivity index (χ4v) is 4.01. The van der Waals surface area contributed by atoms with Crippen molar-refractivity contribution in [3.8, 4) is 0 Å². The predicted molar refractivity (Wildman–Crippen MR) is 116 cm³/mol. The Morgan fingerprint density at radius 3 is 2.97 bits per heavy atom. The predicted octanol–water partition coefficient (Wildman–Crippen LogP) is 3.41. The quantitative estimate of drug-likeness (QED) is 0.456. The van der Waals surface area contributed by atoms with Crippen LogP contribution in [0.5, 0.6) is 0 Å². The Hall–Kier alpha value is -2.87. The average molecular weight is 412 g/mol. The van der Waals surface area contributed by atoms with Crippen LogP contribution in [0.3, 0.4) is 0 Å². The minimum absolute atomic E-state index is 0.155. The molecule has 3 heterocycles. The Labute approximate surface area is 175 Å². The molecule has 2 aromatic heterocycles. The van der Waals surface area contributed by atoms with Crippen LogP contribution in [0, 0.1) is 0 Å². The number of hydrogen-bond acceptors (Lipinski definition) is 6. The maximum atomic E-state index is 12.0. The summed E-state index contributed by atoms with van der Waals surface area (Å²) in [4.78, 5) is 21.3. The first-order chi connectivity index (χ1) is 14.7. The van der Waals surface area contributed by atoms with E-state index in [9.17, 15) is 4.79 Å². The number of amides is 1. The fourth-order valence-electron chi connectivity index (χ4n) is 4.01. The van der Waals surface area contributed by atoms with E-state index in [-0.39, 0.29) is 12.1 Å². The number of nitrogens with one attached hydrogen (secondary N) is 1. The summed E-state index contributed by atoms with van der Waals surface area (Å²) in [5, 5.41) is 3.93. The van der Waals surface area contributed by atoms with Gasteiger partial charge in [0.25, 0.3) is 0 Å². The first-order valence-corrected chi connectivity index (χ1v) is 10.7. The van der Waals surface area contributed by atoms with E-state index in [0.29, 0.717) is 25.5 Å². The van der Waals surface area contributed by atoms with Crippen molar-refractivity contribution in [3.63, 3.8) is 0 Å². The summed E-state index contributed by atoms with van der Waals surface area (Å²) >= 11 is 0. The lowest BCUT2D eigenvalue weighted by Crippen LogP contribution is -2.39. The number of nitrogens with two attached hydrogens (primary N) is 1. The number of anilines is 1. The highest BCUT2D eigenvalue weighted by Gasteiger charge is 2.17. The van der Waals surface area contributed by atoms with Gasteiger partial charge in [0.2, 0.25) is 0 Å². The number of aromatic nitrogens is 3. The first kappa shape index (κ1) is 20.4. The van der Waals surface area contributed by atoms with E-state index in [2.05, 4.69) is 21.8 Å². The average Bonchev–Trinajstić information content (AvgIpc) is 3.14. The molecule has 3 aromatic rings. The van der Waals surface area contributed by atoms with Crippen molar-refractivity contribution in [2.75, 3.05) is 25.6 Å². The second kappa shape index (κ2) is 9.30. The van der Waals surface area contributed by atoms with Gasteiger partial charge in [-0.3, -0.25) is 4.98 Å². The molecule has 1 aliphatic heterocycles. The second-order valence-electron chi connectivity index (χ2n) is 7.65. The molecule has 1 amide bonds. The Kier molecular flexibility index (Phi) is 6.32. The van der Waals surface area contributed by atoms with E-state index in [1.54, 1.807) is 6.20 Å². The summed E-state index contributed by atoms with van der Waals surface area (Å²) in [6, 6.07) is 6.03. The zero-order chi connectivity index (χ0) is 20.9. The van der Waals surface area contributed by atoms with Gasteiger partial charge in [-0.15, -0.1) is 0 Å². The smallest absolute Gasteiger partial charge is 0.407 e. The summed E-state index contributed by atoms with van der Waals surface area (Å²) in [6.45, 7) is 4.65. The maximum Gasteiger partial charge on any atom is 0.407 e. The number of alkyl carbamates (subject to hydrolysis) is 1. The molecule has 1 fully saturated rings. The highest BCUT2D eigenvalue weighted by atomic mass is 16.5. The van der Waals surface area contributed by atoms with Gasteiger partial charge in [-0.2, -0.15) is 0 Å². The van der Waals surface area contributed by atoms with Gasteiger partial charge in [0.15, 0.2) is 0 Å². The molecule has 0 unspecified atom stereocenters. The third-order valence-electron chi connectivity index (χ3n) is 5.56. The number of nitrogen functional groups attached to an aromatic ring is 1. The zero-order valence-corrected chi connectivity index (χ0v) is 17.4. The highest BCUT2D eigenvalue weighted by molar-refractivity contribution is 6.07. The number of rotatable bonds is 7. The largest absolute Gasteiger partial charge is 0.450 e. The third-order valence-corrected chi connectivity index (χ3v) is 5.56. The summed E-state index contributed by atoms with van der Waals surface area (Å²) in [5.74, 6) is 0.994. The Bertz CT molecular complexity index is 1030. The number of imidazole rings is 1. The highest BCUT2D eigenvalue weighted by Crippen LogP contribution is 2.30. The fraction of sp³-hybridized carbons (Fsp3) is 0.500. The normalized spacial score (nSPS) is 15.0. The van der Waals surface area contributed by atoms with Crippen LogP contribution in [0.25, 0.3) is 21.9 Å². The van der Waals surface area contributed by atoms with E-state index in [0.717, 1.165) is 66.4 Å². The number of unbranched alkanes of at least 4 members (excludes halogenated alkanes) is 1. The lowest BCUT2D eigenvalue weighted by Gasteiger charge is -2.22. The van der Waals surface area contributed by atoms with Crippen LogP contribution in [-0.4, -0.2) is 46.5 Å². The Balaban J connectivity index is 1.38. The number of ether oxygens (including phenoxy) is 2. The molecule has 160 valence electrons. The van der Waals surface area contributed by atoms with Crippen LogP contribution < -0.4 is 11.1 Å². The number of hydrogen-bond donors (Lipinski definition) is 2. The van der Waals surface area contributed by atoms with Crippen LogP contribution >= 0.6 is 0 Å². The number of nitrogens with zero attached hydrogens (tertiary/aromatic N) is 3. The van der Waals surface area contributed by atoms with Crippen molar-refractivity contribution in [2.24, 2.45) is 0 Å². The van der Waals surface area contributed by atoms with Gasteiger partial charge in [0.05, 0.1) is 23.3 Å². The molecule has 1 aliphatic rings. The summed E-state index contributed by atoms with van der Waals surface area (Å²) in [5.41, 5.74) is 9.66. The van der Waals surface area contributed by atoms with Crippen LogP contribution in [-0.2, 0) is 22.4 Å². The number of pyridine rings is 1. The van der Waals surface area contributed by atoms with Gasteiger partial charge in [-0.25, -0.2) is 9.78 Å². The molecular weight excluding hydrogens is 382 g/mol. The van der Waals surface area contributed by atoms with Gasteiger partial charge in [0, 0.05) is 43.8 Å². The number of carbonyl (C=O) groups is 1. The van der Waals surface area contributed by atoms with Crippen molar-refractivity contribution >= 4 is 33.7 Å². The summed E-state index contributed by atoms with van der Waals surface area (Å²) < 4.78 is 12.9. The Morgan fingerprint density at radius 1 is 1.33 bits per heavy atom. The molecule has 8 heteroatoms. The molecule has 0 radical (unpaired) electrons. The second-order valence-corrected chi connectivity index (χ2v) is 7.65. The van der Waals surface area contributed by atoms with Crippen molar-refractivity contribution in [2.45, 2.75) is 51.6 Å². The molecule has 0 atom stereocenters.